The molecule has 5 heterocycles. The fraction of sp³-hybridized carbons (Fsp3) is 0.409. The summed E-state index contributed by atoms with van der Waals surface area (Å²) in [6.45, 7) is 2.30. The monoisotopic (exact) mass is 408 g/mol. The predicted molar refractivity (Wildman–Crippen MR) is 105 cm³/mol. The lowest BCUT2D eigenvalue weighted by atomic mass is 9.76. The molecule has 6 rings (SSSR count). The first kappa shape index (κ1) is 17.8. The van der Waals surface area contributed by atoms with Gasteiger partial charge in [0.2, 0.25) is 11.8 Å². The zero-order valence-electron chi connectivity index (χ0n) is 16.3. The van der Waals surface area contributed by atoms with Crippen LogP contribution in [0.3, 0.4) is 0 Å². The van der Waals surface area contributed by atoms with E-state index in [1.54, 1.807) is 29.6 Å². The molecule has 2 amide bonds. The van der Waals surface area contributed by atoms with Gasteiger partial charge >= 0.3 is 0 Å². The highest BCUT2D eigenvalue weighted by Crippen LogP contribution is 2.53. The van der Waals surface area contributed by atoms with Crippen molar-refractivity contribution in [2.45, 2.75) is 31.2 Å². The van der Waals surface area contributed by atoms with Gasteiger partial charge in [0.05, 0.1) is 43.1 Å². The Balaban J connectivity index is 1.31. The normalized spacial score (nSPS) is 31.8. The lowest BCUT2D eigenvalue weighted by molar-refractivity contribution is -0.140. The summed E-state index contributed by atoms with van der Waals surface area (Å²) < 4.78 is 21.6. The predicted octanol–water partition coefficient (Wildman–Crippen LogP) is 1.74. The summed E-state index contributed by atoms with van der Waals surface area (Å²) in [5, 5.41) is 0. The summed E-state index contributed by atoms with van der Waals surface area (Å²) >= 11 is 0. The van der Waals surface area contributed by atoms with E-state index in [4.69, 9.17) is 4.74 Å². The van der Waals surface area contributed by atoms with E-state index in [9.17, 15) is 14.0 Å². The molecule has 2 bridgehead atoms. The fourth-order valence-electron chi connectivity index (χ4n) is 5.41. The Bertz CT molecular complexity index is 1060. The van der Waals surface area contributed by atoms with E-state index in [1.807, 2.05) is 17.1 Å². The lowest BCUT2D eigenvalue weighted by Crippen LogP contribution is -2.45. The average Bonchev–Trinajstić information content (AvgIpc) is 3.47. The molecule has 8 heteroatoms. The smallest absolute Gasteiger partial charge is 0.234 e. The van der Waals surface area contributed by atoms with E-state index in [0.29, 0.717) is 25.3 Å². The van der Waals surface area contributed by atoms with E-state index in [-0.39, 0.29) is 23.7 Å². The molecule has 2 aromatic rings. The number of anilines is 1. The van der Waals surface area contributed by atoms with Gasteiger partial charge in [-0.3, -0.25) is 9.59 Å². The first-order valence-corrected chi connectivity index (χ1v) is 10.3. The van der Waals surface area contributed by atoms with Crippen LogP contribution < -0.4 is 4.90 Å². The van der Waals surface area contributed by atoms with Crippen molar-refractivity contribution < 1.29 is 18.7 Å². The molecule has 1 aromatic carbocycles. The van der Waals surface area contributed by atoms with Crippen molar-refractivity contribution in [2.75, 3.05) is 18.0 Å². The zero-order chi connectivity index (χ0) is 20.5. The first-order chi connectivity index (χ1) is 14.6. The Kier molecular flexibility index (Phi) is 3.71. The summed E-state index contributed by atoms with van der Waals surface area (Å²) in [7, 11) is 0. The van der Waals surface area contributed by atoms with Gasteiger partial charge in [-0.25, -0.2) is 9.37 Å². The molecule has 1 aromatic heterocycles. The summed E-state index contributed by atoms with van der Waals surface area (Å²) in [4.78, 5) is 34.7. The van der Waals surface area contributed by atoms with Crippen molar-refractivity contribution >= 4 is 17.5 Å². The molecular formula is C22H21FN4O3. The maximum Gasteiger partial charge on any atom is 0.234 e. The quantitative estimate of drug-likeness (QED) is 0.710. The van der Waals surface area contributed by atoms with Crippen LogP contribution in [0.25, 0.3) is 0 Å². The number of carbonyl (C=O) groups is 2. The maximum absolute atomic E-state index is 13.6. The molecule has 0 aliphatic carbocycles. The Hall–Kier alpha value is -3.00. The molecule has 0 saturated carbocycles. The molecular weight excluding hydrogens is 387 g/mol. The van der Waals surface area contributed by atoms with Crippen LogP contribution in [-0.4, -0.2) is 51.1 Å². The minimum absolute atomic E-state index is 0.0415. The number of nitrogens with zero attached hydrogens (tertiary/aromatic N) is 4. The largest absolute Gasteiger partial charge is 0.360 e. The maximum atomic E-state index is 13.6. The molecule has 2 saturated heterocycles. The number of hydrogen-bond donors (Lipinski definition) is 0. The number of aryl methyl sites for hydroxylation is 1. The number of rotatable bonds is 2. The van der Waals surface area contributed by atoms with Crippen LogP contribution in [0.1, 0.15) is 12.1 Å². The number of amides is 2. The van der Waals surface area contributed by atoms with Gasteiger partial charge in [-0.2, -0.15) is 0 Å². The Morgan fingerprint density at radius 1 is 1.23 bits per heavy atom. The second kappa shape index (κ2) is 6.25. The van der Waals surface area contributed by atoms with Gasteiger partial charge in [0.1, 0.15) is 11.4 Å². The third-order valence-electron chi connectivity index (χ3n) is 6.81. The van der Waals surface area contributed by atoms with Gasteiger partial charge in [0, 0.05) is 25.0 Å². The van der Waals surface area contributed by atoms with Crippen molar-refractivity contribution in [2.24, 2.45) is 11.8 Å². The van der Waals surface area contributed by atoms with Crippen molar-refractivity contribution in [3.63, 3.8) is 0 Å². The number of hydrogen-bond acceptors (Lipinski definition) is 4. The molecule has 0 unspecified atom stereocenters. The van der Waals surface area contributed by atoms with E-state index >= 15 is 0 Å². The highest BCUT2D eigenvalue weighted by Gasteiger charge is 2.67. The van der Waals surface area contributed by atoms with Gasteiger partial charge in [-0.1, -0.05) is 12.2 Å². The lowest BCUT2D eigenvalue weighted by Gasteiger charge is -2.29. The van der Waals surface area contributed by atoms with Crippen LogP contribution in [-0.2, 0) is 27.4 Å². The van der Waals surface area contributed by atoms with Crippen LogP contribution in [0.5, 0.6) is 0 Å². The van der Waals surface area contributed by atoms with Crippen LogP contribution in [0, 0.1) is 17.7 Å². The second-order valence-electron chi connectivity index (χ2n) is 8.49. The standard InChI is InChI=1S/C22H21FN4O3/c23-14-2-4-15(5-3-14)27-12-22-7-6-17(30-22)18(19(22)21(27)29)20(28)25-8-1-9-26-13-24-10-16(26)11-25/h2-7,10,13,17-19H,1,8-9,11-12H2/t17-,18-,19-,22-/m0/s1. The summed E-state index contributed by atoms with van der Waals surface area (Å²) in [6, 6.07) is 5.86. The third kappa shape index (κ3) is 2.43. The van der Waals surface area contributed by atoms with Crippen molar-refractivity contribution in [3.05, 3.63) is 60.5 Å². The molecule has 154 valence electrons. The van der Waals surface area contributed by atoms with E-state index in [2.05, 4.69) is 9.55 Å². The number of carbonyl (C=O) groups excluding carboxylic acids is 2. The fourth-order valence-corrected chi connectivity index (χ4v) is 5.41. The third-order valence-corrected chi connectivity index (χ3v) is 6.81. The van der Waals surface area contributed by atoms with Gasteiger partial charge < -0.3 is 19.1 Å². The molecule has 4 aliphatic heterocycles. The van der Waals surface area contributed by atoms with E-state index < -0.39 is 17.4 Å². The van der Waals surface area contributed by atoms with Crippen LogP contribution in [0.15, 0.2) is 48.9 Å². The van der Waals surface area contributed by atoms with Crippen LogP contribution in [0.4, 0.5) is 10.1 Å². The highest BCUT2D eigenvalue weighted by atomic mass is 19.1. The number of fused-ring (bicyclic) bond motifs is 2. The molecule has 1 spiro atoms. The minimum atomic E-state index is -0.788. The first-order valence-electron chi connectivity index (χ1n) is 10.3. The number of ether oxygens (including phenoxy) is 1. The molecule has 0 N–H and O–H groups in total. The molecule has 4 aliphatic rings. The average molecular weight is 408 g/mol. The molecule has 30 heavy (non-hydrogen) atoms. The summed E-state index contributed by atoms with van der Waals surface area (Å²) in [5.74, 6) is -1.62. The highest BCUT2D eigenvalue weighted by molar-refractivity contribution is 6.03. The Labute approximate surface area is 172 Å². The second-order valence-corrected chi connectivity index (χ2v) is 8.49. The zero-order valence-corrected chi connectivity index (χ0v) is 16.3. The van der Waals surface area contributed by atoms with Crippen molar-refractivity contribution in [1.82, 2.24) is 14.5 Å². The molecule has 2 fully saturated rings. The number of aromatic nitrogens is 2. The summed E-state index contributed by atoms with van der Waals surface area (Å²) in [6.07, 6.45) is 7.90. The van der Waals surface area contributed by atoms with Crippen molar-refractivity contribution in [1.29, 1.82) is 0 Å². The van der Waals surface area contributed by atoms with Gasteiger partial charge in [-0.05, 0) is 30.7 Å². The van der Waals surface area contributed by atoms with E-state index in [0.717, 1.165) is 18.7 Å². The van der Waals surface area contributed by atoms with Crippen LogP contribution in [0.2, 0.25) is 0 Å². The molecule has 4 atom stereocenters. The van der Waals surface area contributed by atoms with E-state index in [1.165, 1.54) is 12.1 Å². The van der Waals surface area contributed by atoms with Gasteiger partial charge in [-0.15, -0.1) is 0 Å². The Morgan fingerprint density at radius 3 is 2.90 bits per heavy atom. The van der Waals surface area contributed by atoms with Crippen LogP contribution >= 0.6 is 0 Å². The number of halogens is 1. The number of imidazole rings is 1. The molecule has 7 nitrogen and oxygen atoms in total. The topological polar surface area (TPSA) is 67.7 Å². The minimum Gasteiger partial charge on any atom is -0.360 e. The van der Waals surface area contributed by atoms with Crippen molar-refractivity contribution in [3.8, 4) is 0 Å². The summed E-state index contributed by atoms with van der Waals surface area (Å²) in [5.41, 5.74) is 0.834. The SMILES string of the molecule is O=C([C@H]1[C@@H]2C=C[C@@]3(CN(c4ccc(F)cc4)C(=O)[C@H]13)O2)N1CCCn2cncc2C1. The number of benzene rings is 1. The Morgan fingerprint density at radius 2 is 2.07 bits per heavy atom. The molecule has 0 radical (unpaired) electrons. The van der Waals surface area contributed by atoms with Gasteiger partial charge in [0.15, 0.2) is 0 Å². The van der Waals surface area contributed by atoms with Gasteiger partial charge in [0.25, 0.3) is 0 Å².